The number of rotatable bonds is 2. The Balaban J connectivity index is 3.03. The average Bonchev–Trinajstić information content (AvgIpc) is 2.19. The molecular weight excluding hydrogens is 204 g/mol. The van der Waals surface area contributed by atoms with Crippen molar-refractivity contribution >= 4 is 5.97 Å². The summed E-state index contributed by atoms with van der Waals surface area (Å²) in [4.78, 5) is 11.1. The van der Waals surface area contributed by atoms with Crippen LogP contribution in [0.4, 0.5) is 0 Å². The molecule has 0 unspecified atom stereocenters. The summed E-state index contributed by atoms with van der Waals surface area (Å²) >= 11 is 0. The minimum atomic E-state index is -0.273. The fraction of sp³-hybridized carbons (Fsp3) is 0.462. The van der Waals surface area contributed by atoms with Gasteiger partial charge >= 0.3 is 5.97 Å². The fourth-order valence-corrected chi connectivity index (χ4v) is 1.53. The van der Waals surface area contributed by atoms with E-state index in [1.54, 1.807) is 12.1 Å². The Morgan fingerprint density at radius 1 is 1.38 bits per heavy atom. The number of hydrogen-bond acceptors (Lipinski definition) is 3. The third-order valence-corrected chi connectivity index (χ3v) is 2.45. The first kappa shape index (κ1) is 12.6. The van der Waals surface area contributed by atoms with Gasteiger partial charge in [-0.1, -0.05) is 32.9 Å². The van der Waals surface area contributed by atoms with E-state index in [9.17, 15) is 9.90 Å². The molecule has 0 saturated carbocycles. The Kier molecular flexibility index (Phi) is 3.58. The molecular formula is C13H18O3. The predicted octanol–water partition coefficient (Wildman–Crippen LogP) is 2.41. The van der Waals surface area contributed by atoms with Gasteiger partial charge in [-0.25, -0.2) is 0 Å². The maximum Gasteiger partial charge on any atom is 0.309 e. The van der Waals surface area contributed by atoms with Gasteiger partial charge in [0, 0.05) is 0 Å². The molecule has 1 N–H and O–H groups in total. The van der Waals surface area contributed by atoms with Gasteiger partial charge in [0.2, 0.25) is 0 Å². The predicted molar refractivity (Wildman–Crippen MR) is 62.5 cm³/mol. The number of aromatic hydroxyl groups is 1. The van der Waals surface area contributed by atoms with Crippen molar-refractivity contribution in [2.45, 2.75) is 32.6 Å². The molecule has 0 spiro atoms. The van der Waals surface area contributed by atoms with Crippen LogP contribution in [0.3, 0.4) is 0 Å². The lowest BCUT2D eigenvalue weighted by Crippen LogP contribution is -2.12. The molecule has 0 aliphatic rings. The van der Waals surface area contributed by atoms with Gasteiger partial charge in [-0.15, -0.1) is 0 Å². The van der Waals surface area contributed by atoms with Crippen molar-refractivity contribution in [1.82, 2.24) is 0 Å². The standard InChI is InChI=1S/C13H18O3/c1-13(2,3)10-7-9(5-6-11(10)14)8-12(15)16-4/h5-7,14H,8H2,1-4H3. The van der Waals surface area contributed by atoms with E-state index in [0.717, 1.165) is 11.1 Å². The lowest BCUT2D eigenvalue weighted by Gasteiger charge is -2.21. The van der Waals surface area contributed by atoms with Gasteiger partial charge in [0.15, 0.2) is 0 Å². The van der Waals surface area contributed by atoms with Gasteiger partial charge in [0.05, 0.1) is 13.5 Å². The van der Waals surface area contributed by atoms with Crippen molar-refractivity contribution in [2.75, 3.05) is 7.11 Å². The van der Waals surface area contributed by atoms with Crippen LogP contribution in [0.1, 0.15) is 31.9 Å². The van der Waals surface area contributed by atoms with Gasteiger partial charge in [-0.3, -0.25) is 4.79 Å². The number of ether oxygens (including phenoxy) is 1. The highest BCUT2D eigenvalue weighted by Crippen LogP contribution is 2.31. The Hall–Kier alpha value is -1.51. The molecule has 0 aromatic heterocycles. The fourth-order valence-electron chi connectivity index (χ4n) is 1.53. The van der Waals surface area contributed by atoms with E-state index in [1.165, 1.54) is 7.11 Å². The number of hydrogen-bond donors (Lipinski definition) is 1. The van der Waals surface area contributed by atoms with E-state index in [0.29, 0.717) is 0 Å². The van der Waals surface area contributed by atoms with Crippen LogP contribution < -0.4 is 0 Å². The first-order chi connectivity index (χ1) is 7.34. The molecule has 1 aromatic carbocycles. The number of carbonyl (C=O) groups is 1. The maximum atomic E-state index is 11.1. The van der Waals surface area contributed by atoms with Crippen molar-refractivity contribution in [1.29, 1.82) is 0 Å². The van der Waals surface area contributed by atoms with E-state index < -0.39 is 0 Å². The van der Waals surface area contributed by atoms with Crippen LogP contribution in [0.25, 0.3) is 0 Å². The van der Waals surface area contributed by atoms with Crippen LogP contribution in [0, 0.1) is 0 Å². The molecule has 1 aromatic rings. The van der Waals surface area contributed by atoms with Crippen LogP contribution in [-0.2, 0) is 21.4 Å². The van der Waals surface area contributed by atoms with Gasteiger partial charge < -0.3 is 9.84 Å². The van der Waals surface area contributed by atoms with Gasteiger partial charge in [0.25, 0.3) is 0 Å². The first-order valence-corrected chi connectivity index (χ1v) is 5.24. The molecule has 0 heterocycles. The first-order valence-electron chi connectivity index (χ1n) is 5.24. The molecule has 0 atom stereocenters. The molecule has 0 aliphatic carbocycles. The molecule has 1 rings (SSSR count). The highest BCUT2D eigenvalue weighted by Gasteiger charge is 2.18. The highest BCUT2D eigenvalue weighted by molar-refractivity contribution is 5.72. The molecule has 0 amide bonds. The summed E-state index contributed by atoms with van der Waals surface area (Å²) in [6.07, 6.45) is 0.236. The quantitative estimate of drug-likeness (QED) is 0.782. The summed E-state index contributed by atoms with van der Waals surface area (Å²) in [5.41, 5.74) is 1.56. The Morgan fingerprint density at radius 3 is 2.50 bits per heavy atom. The van der Waals surface area contributed by atoms with Crippen LogP contribution in [0.2, 0.25) is 0 Å². The van der Waals surface area contributed by atoms with E-state index in [-0.39, 0.29) is 23.6 Å². The molecule has 16 heavy (non-hydrogen) atoms. The number of phenols is 1. The molecule has 3 nitrogen and oxygen atoms in total. The lowest BCUT2D eigenvalue weighted by atomic mass is 9.85. The largest absolute Gasteiger partial charge is 0.508 e. The zero-order chi connectivity index (χ0) is 12.3. The number of esters is 1. The van der Waals surface area contributed by atoms with Crippen molar-refractivity contribution in [2.24, 2.45) is 0 Å². The van der Waals surface area contributed by atoms with E-state index in [2.05, 4.69) is 4.74 Å². The van der Waals surface area contributed by atoms with Crippen molar-refractivity contribution in [3.05, 3.63) is 29.3 Å². The summed E-state index contributed by atoms with van der Waals surface area (Å²) in [5.74, 6) is -0.00772. The molecule has 0 radical (unpaired) electrons. The molecule has 88 valence electrons. The normalized spacial score (nSPS) is 11.2. The lowest BCUT2D eigenvalue weighted by molar-refractivity contribution is -0.139. The summed E-state index contributed by atoms with van der Waals surface area (Å²) in [5, 5.41) is 9.75. The third kappa shape index (κ3) is 2.99. The molecule has 0 aliphatic heterocycles. The van der Waals surface area contributed by atoms with Crippen molar-refractivity contribution in [3.63, 3.8) is 0 Å². The minimum Gasteiger partial charge on any atom is -0.508 e. The number of methoxy groups -OCH3 is 1. The smallest absolute Gasteiger partial charge is 0.309 e. The molecule has 0 fully saturated rings. The highest BCUT2D eigenvalue weighted by atomic mass is 16.5. The van der Waals surface area contributed by atoms with Crippen LogP contribution in [0.5, 0.6) is 5.75 Å². The summed E-state index contributed by atoms with van der Waals surface area (Å²) < 4.78 is 4.61. The number of benzene rings is 1. The van der Waals surface area contributed by atoms with Crippen LogP contribution in [0.15, 0.2) is 18.2 Å². The second-order valence-electron chi connectivity index (χ2n) is 4.85. The maximum absolute atomic E-state index is 11.1. The van der Waals surface area contributed by atoms with Crippen LogP contribution >= 0.6 is 0 Å². The SMILES string of the molecule is COC(=O)Cc1ccc(O)c(C(C)(C)C)c1. The monoisotopic (exact) mass is 222 g/mol. The van der Waals surface area contributed by atoms with Crippen LogP contribution in [-0.4, -0.2) is 18.2 Å². The van der Waals surface area contributed by atoms with Gasteiger partial charge in [-0.2, -0.15) is 0 Å². The Labute approximate surface area is 96.1 Å². The summed E-state index contributed by atoms with van der Waals surface area (Å²) in [6.45, 7) is 6.05. The zero-order valence-electron chi connectivity index (χ0n) is 10.2. The second-order valence-corrected chi connectivity index (χ2v) is 4.85. The zero-order valence-corrected chi connectivity index (χ0v) is 10.2. The van der Waals surface area contributed by atoms with Crippen molar-refractivity contribution in [3.8, 4) is 5.75 Å². The second kappa shape index (κ2) is 4.56. The Bertz CT molecular complexity index is 389. The number of phenolic OH excluding ortho intramolecular Hbond substituents is 1. The van der Waals surface area contributed by atoms with Gasteiger partial charge in [0.1, 0.15) is 5.75 Å². The Morgan fingerprint density at radius 2 is 2.00 bits per heavy atom. The number of carbonyl (C=O) groups excluding carboxylic acids is 1. The van der Waals surface area contributed by atoms with Crippen molar-refractivity contribution < 1.29 is 14.6 Å². The summed E-state index contributed by atoms with van der Waals surface area (Å²) in [7, 11) is 1.37. The molecule has 0 bridgehead atoms. The topological polar surface area (TPSA) is 46.5 Å². The van der Waals surface area contributed by atoms with E-state index in [4.69, 9.17) is 0 Å². The molecule has 3 heteroatoms. The van der Waals surface area contributed by atoms with E-state index in [1.807, 2.05) is 26.8 Å². The van der Waals surface area contributed by atoms with E-state index >= 15 is 0 Å². The summed E-state index contributed by atoms with van der Waals surface area (Å²) in [6, 6.07) is 5.21. The van der Waals surface area contributed by atoms with Gasteiger partial charge in [-0.05, 0) is 22.6 Å². The minimum absolute atomic E-state index is 0.143. The molecule has 0 saturated heterocycles. The third-order valence-electron chi connectivity index (χ3n) is 2.45. The average molecular weight is 222 g/mol.